The molecule has 1 heterocycles. The molecule has 0 fully saturated rings. The Balaban J connectivity index is 1.71. The van der Waals surface area contributed by atoms with Crippen molar-refractivity contribution in [2.24, 2.45) is 0 Å². The number of nitrogens with zero attached hydrogens (tertiary/aromatic N) is 3. The number of fused-ring (bicyclic) bond motifs is 1. The van der Waals surface area contributed by atoms with E-state index in [-0.39, 0.29) is 12.2 Å². The van der Waals surface area contributed by atoms with Gasteiger partial charge in [-0.05, 0) is 81.8 Å². The number of hydrogen-bond donors (Lipinski definition) is 0. The zero-order valence-corrected chi connectivity index (χ0v) is 18.2. The van der Waals surface area contributed by atoms with Crippen LogP contribution in [0.1, 0.15) is 27.7 Å². The Hall–Kier alpha value is -3.05. The highest BCUT2D eigenvalue weighted by Gasteiger charge is 2.13. The first-order valence-corrected chi connectivity index (χ1v) is 10.4. The summed E-state index contributed by atoms with van der Waals surface area (Å²) < 4.78 is 13.3. The number of ether oxygens (including phenoxy) is 2. The number of aromatic nitrogens is 3. The molecule has 0 aliphatic heterocycles. The van der Waals surface area contributed by atoms with Crippen LogP contribution < -0.4 is 9.47 Å². The molecule has 0 saturated carbocycles. The average molecular weight is 422 g/mol. The maximum absolute atomic E-state index is 6.56. The van der Waals surface area contributed by atoms with Crippen LogP contribution in [-0.4, -0.2) is 27.2 Å². The third kappa shape index (κ3) is 4.26. The maximum atomic E-state index is 6.56. The summed E-state index contributed by atoms with van der Waals surface area (Å²) in [5, 5.41) is 9.24. The Morgan fingerprint density at radius 1 is 0.800 bits per heavy atom. The minimum Gasteiger partial charge on any atom is -0.491 e. The van der Waals surface area contributed by atoms with E-state index in [1.807, 2.05) is 93.0 Å². The van der Waals surface area contributed by atoms with Gasteiger partial charge in [0.15, 0.2) is 0 Å². The first kappa shape index (κ1) is 20.2. The molecule has 4 rings (SSSR count). The molecule has 3 aromatic carbocycles. The van der Waals surface area contributed by atoms with Gasteiger partial charge in [-0.25, -0.2) is 4.68 Å². The SMILES string of the molecule is CC(C)Oc1ccc(-c2cc3c(cc2Cl)nnn3-c2ccc(OC(C)C)cc2)cc1. The minimum atomic E-state index is 0.130. The van der Waals surface area contributed by atoms with Gasteiger partial charge in [0.25, 0.3) is 0 Å². The molecule has 0 aliphatic rings. The molecule has 0 atom stereocenters. The molecule has 5 nitrogen and oxygen atoms in total. The van der Waals surface area contributed by atoms with Crippen molar-refractivity contribution in [3.8, 4) is 28.3 Å². The van der Waals surface area contributed by atoms with Gasteiger partial charge in [-0.3, -0.25) is 0 Å². The van der Waals surface area contributed by atoms with E-state index in [2.05, 4.69) is 10.3 Å². The third-order valence-corrected chi connectivity index (χ3v) is 4.84. The van der Waals surface area contributed by atoms with Gasteiger partial charge in [-0.2, -0.15) is 0 Å². The quantitative estimate of drug-likeness (QED) is 0.365. The van der Waals surface area contributed by atoms with Crippen molar-refractivity contribution in [2.75, 3.05) is 0 Å². The second-order valence-corrected chi connectivity index (χ2v) is 8.08. The van der Waals surface area contributed by atoms with Gasteiger partial charge in [0.1, 0.15) is 17.0 Å². The molecule has 0 N–H and O–H groups in total. The largest absolute Gasteiger partial charge is 0.491 e. The average Bonchev–Trinajstić information content (AvgIpc) is 3.10. The zero-order chi connectivity index (χ0) is 21.3. The second kappa shape index (κ2) is 8.36. The Labute approximate surface area is 181 Å². The highest BCUT2D eigenvalue weighted by molar-refractivity contribution is 6.34. The smallest absolute Gasteiger partial charge is 0.119 e. The van der Waals surface area contributed by atoms with Crippen LogP contribution in [0.2, 0.25) is 5.02 Å². The van der Waals surface area contributed by atoms with Crippen LogP contribution in [-0.2, 0) is 0 Å². The molecule has 0 aliphatic carbocycles. The molecule has 4 aromatic rings. The van der Waals surface area contributed by atoms with Crippen molar-refractivity contribution in [3.63, 3.8) is 0 Å². The van der Waals surface area contributed by atoms with E-state index in [1.54, 1.807) is 0 Å². The molecule has 30 heavy (non-hydrogen) atoms. The van der Waals surface area contributed by atoms with Crippen molar-refractivity contribution < 1.29 is 9.47 Å². The van der Waals surface area contributed by atoms with Crippen molar-refractivity contribution in [2.45, 2.75) is 39.9 Å². The maximum Gasteiger partial charge on any atom is 0.119 e. The van der Waals surface area contributed by atoms with Crippen molar-refractivity contribution in [1.82, 2.24) is 15.0 Å². The lowest BCUT2D eigenvalue weighted by molar-refractivity contribution is 0.242. The van der Waals surface area contributed by atoms with Gasteiger partial charge < -0.3 is 9.47 Å². The van der Waals surface area contributed by atoms with Crippen molar-refractivity contribution in [3.05, 3.63) is 65.7 Å². The van der Waals surface area contributed by atoms with E-state index in [0.717, 1.165) is 39.3 Å². The van der Waals surface area contributed by atoms with Gasteiger partial charge >= 0.3 is 0 Å². The molecule has 0 radical (unpaired) electrons. The fourth-order valence-electron chi connectivity index (χ4n) is 3.28. The summed E-state index contributed by atoms with van der Waals surface area (Å²) in [6, 6.07) is 19.6. The summed E-state index contributed by atoms with van der Waals surface area (Å²) in [6.45, 7) is 8.03. The summed E-state index contributed by atoms with van der Waals surface area (Å²) in [7, 11) is 0. The predicted octanol–water partition coefficient (Wildman–Crippen LogP) is 6.32. The first-order valence-electron chi connectivity index (χ1n) is 10.00. The Morgan fingerprint density at radius 3 is 1.93 bits per heavy atom. The van der Waals surface area contributed by atoms with E-state index in [4.69, 9.17) is 21.1 Å². The lowest BCUT2D eigenvalue weighted by Gasteiger charge is -2.11. The number of hydrogen-bond acceptors (Lipinski definition) is 4. The first-order chi connectivity index (χ1) is 14.4. The third-order valence-electron chi connectivity index (χ3n) is 4.52. The summed E-state index contributed by atoms with van der Waals surface area (Å²) >= 11 is 6.56. The summed E-state index contributed by atoms with van der Waals surface area (Å²) in [5.74, 6) is 1.66. The fraction of sp³-hybridized carbons (Fsp3) is 0.250. The lowest BCUT2D eigenvalue weighted by atomic mass is 10.0. The van der Waals surface area contributed by atoms with Crippen molar-refractivity contribution >= 4 is 22.6 Å². The topological polar surface area (TPSA) is 49.2 Å². The molecule has 0 spiro atoms. The Kier molecular flexibility index (Phi) is 5.64. The number of benzene rings is 3. The van der Waals surface area contributed by atoms with Crippen LogP contribution in [0.4, 0.5) is 0 Å². The molecule has 0 saturated heterocycles. The van der Waals surface area contributed by atoms with Crippen LogP contribution in [0.15, 0.2) is 60.7 Å². The lowest BCUT2D eigenvalue weighted by Crippen LogP contribution is -2.05. The molecule has 0 amide bonds. The second-order valence-electron chi connectivity index (χ2n) is 7.67. The van der Waals surface area contributed by atoms with Gasteiger partial charge in [-0.1, -0.05) is 28.9 Å². The molecular formula is C24H24ClN3O2. The van der Waals surface area contributed by atoms with Crippen molar-refractivity contribution in [1.29, 1.82) is 0 Å². The van der Waals surface area contributed by atoms with Crippen LogP contribution in [0, 0.1) is 0 Å². The van der Waals surface area contributed by atoms with Crippen LogP contribution in [0.3, 0.4) is 0 Å². The van der Waals surface area contributed by atoms with E-state index in [9.17, 15) is 0 Å². The molecule has 154 valence electrons. The van der Waals surface area contributed by atoms with Crippen LogP contribution in [0.5, 0.6) is 11.5 Å². The Morgan fingerprint density at radius 2 is 1.37 bits per heavy atom. The molecule has 0 bridgehead atoms. The van der Waals surface area contributed by atoms with E-state index in [1.165, 1.54) is 0 Å². The van der Waals surface area contributed by atoms with Gasteiger partial charge in [0.2, 0.25) is 0 Å². The Bertz CT molecular complexity index is 1150. The highest BCUT2D eigenvalue weighted by Crippen LogP contribution is 2.33. The molecular weight excluding hydrogens is 398 g/mol. The van der Waals surface area contributed by atoms with Gasteiger partial charge in [0, 0.05) is 5.56 Å². The van der Waals surface area contributed by atoms with E-state index in [0.29, 0.717) is 5.02 Å². The molecule has 0 unspecified atom stereocenters. The summed E-state index contributed by atoms with van der Waals surface area (Å²) in [5.41, 5.74) is 4.46. The van der Waals surface area contributed by atoms with Gasteiger partial charge in [-0.15, -0.1) is 5.10 Å². The minimum absolute atomic E-state index is 0.130. The predicted molar refractivity (Wildman–Crippen MR) is 121 cm³/mol. The van der Waals surface area contributed by atoms with E-state index < -0.39 is 0 Å². The highest BCUT2D eigenvalue weighted by atomic mass is 35.5. The van der Waals surface area contributed by atoms with Crippen LogP contribution >= 0.6 is 11.6 Å². The fourth-order valence-corrected chi connectivity index (χ4v) is 3.54. The molecule has 6 heteroatoms. The number of rotatable bonds is 6. The van der Waals surface area contributed by atoms with Crippen LogP contribution in [0.25, 0.3) is 27.8 Å². The standard InChI is InChI=1S/C24H24ClN3O2/c1-15(2)29-19-9-5-17(6-10-19)21-13-24-23(14-22(21)25)26-27-28(24)18-7-11-20(12-8-18)30-16(3)4/h5-16H,1-4H3. The van der Waals surface area contributed by atoms with E-state index >= 15 is 0 Å². The monoisotopic (exact) mass is 421 g/mol. The normalized spacial score (nSPS) is 11.4. The summed E-state index contributed by atoms with van der Waals surface area (Å²) in [6.07, 6.45) is 0.263. The number of halogens is 1. The van der Waals surface area contributed by atoms with Gasteiger partial charge in [0.05, 0.1) is 28.4 Å². The zero-order valence-electron chi connectivity index (χ0n) is 17.5. The summed E-state index contributed by atoms with van der Waals surface area (Å²) in [4.78, 5) is 0. The molecule has 1 aromatic heterocycles.